The molecule has 0 unspecified atom stereocenters. The first-order chi connectivity index (χ1) is 54.6. The predicted octanol–water partition coefficient (Wildman–Crippen LogP) is 23.6. The maximum absolute atomic E-state index is 12.1. The summed E-state index contributed by atoms with van der Waals surface area (Å²) >= 11 is 0. The number of alkyl halides is 12. The van der Waals surface area contributed by atoms with Gasteiger partial charge in [-0.15, -0.1) is 0 Å². The van der Waals surface area contributed by atoms with Crippen LogP contribution in [-0.2, 0) is 0 Å². The number of hydrogen-bond donors (Lipinski definition) is 4. The Bertz CT molecular complexity index is 4870. The minimum absolute atomic E-state index is 0. The molecule has 125 heavy (non-hydrogen) atoms. The summed E-state index contributed by atoms with van der Waals surface area (Å²) in [6.45, 7) is 1.17. The van der Waals surface area contributed by atoms with Gasteiger partial charge in [-0.3, -0.25) is 46.1 Å². The van der Waals surface area contributed by atoms with Crippen molar-refractivity contribution in [3.8, 4) is 11.1 Å². The average molecular weight is 2300 g/mol. The number of hydrogen-bond acceptors (Lipinski definition) is 8. The van der Waals surface area contributed by atoms with Gasteiger partial charge in [0, 0.05) is 268 Å². The van der Waals surface area contributed by atoms with Crippen LogP contribution in [0.2, 0.25) is 0 Å². The summed E-state index contributed by atoms with van der Waals surface area (Å²) in [5.74, 6) is -11.1. The van der Waals surface area contributed by atoms with Crippen molar-refractivity contribution in [2.45, 2.75) is 39.6 Å². The third-order valence-electron chi connectivity index (χ3n) is 17.2. The Morgan fingerprint density at radius 2 is 0.400 bits per heavy atom. The van der Waals surface area contributed by atoms with E-state index >= 15 is 0 Å². The summed E-state index contributed by atoms with van der Waals surface area (Å²) in [5.41, 5.74) is 8.22. The molecule has 0 heterocycles. The van der Waals surface area contributed by atoms with Gasteiger partial charge >= 0.3 is 24.7 Å². The first-order valence-corrected chi connectivity index (χ1v) is 36.8. The Labute approximate surface area is 889 Å². The van der Waals surface area contributed by atoms with E-state index in [1.165, 1.54) is 89.1 Å². The molecule has 11 aromatic rings. The number of carbonyl (C=O) groups excluding carboxylic acids is 4. The molecule has 4 N–H and O–H groups in total. The Morgan fingerprint density at radius 1 is 0.248 bits per heavy atom. The molecule has 14 nitrogen and oxygen atoms in total. The summed E-state index contributed by atoms with van der Waals surface area (Å²) in [7, 11) is 39.5. The van der Waals surface area contributed by atoms with E-state index in [0.717, 1.165) is 70.0 Å². The predicted molar refractivity (Wildman–Crippen MR) is 471 cm³/mol. The van der Waals surface area contributed by atoms with Crippen LogP contribution < -0.4 is 17.9 Å². The topological polar surface area (TPSA) is 149 Å². The molecule has 0 aliphatic heterocycles. The third kappa shape index (κ3) is 42.6. The third-order valence-corrected chi connectivity index (χ3v) is 17.2. The molecule has 0 amide bonds. The largest absolute Gasteiger partial charge is 0.504 e. The number of aliphatic hydroxyl groups excluding tert-OH is 4. The van der Waals surface area contributed by atoms with Crippen LogP contribution in [0, 0.1) is 198 Å². The van der Waals surface area contributed by atoms with Crippen molar-refractivity contribution in [2.24, 2.45) is 0 Å². The van der Waals surface area contributed by atoms with Crippen LogP contribution in [0.15, 0.2) is 290 Å². The van der Waals surface area contributed by atoms with Gasteiger partial charge in [0.2, 0.25) is 29.7 Å². The molecular formula is C95H112Eu4F12N6O8+6. The number of quaternary nitrogens is 6. The Balaban J connectivity index is 0. The summed E-state index contributed by atoms with van der Waals surface area (Å²) in [6.07, 6.45) is -18.9. The fourth-order valence-corrected chi connectivity index (χ4v) is 11.3. The molecule has 0 saturated carbocycles. The number of rotatable bonds is 15. The number of halogens is 12. The SMILES string of the molecule is C.C.C[N+](C)(C)C[N+](C)(C)C.C[N+](C)(C)c1ccc(-c2ccc([N+](C)(C)C)cc2)cc1.C[N+](C)(C)c1ccc([N+](C)(C)C)cc1.O=C(C=C(O)C(F)(F)F)c1ccc2ccccc2c1.O=C(C=C(O)C(F)(F)F)c1ccc2ccccc2c1.O=C(C=C(O)C(F)(F)F)c1ccc2ccccc2c1.O=C(C=C(O)C(F)(F)F)c1ccc2ccccc2c1.[Eu].[Eu].[Eu].[Eu]. The average Bonchev–Trinajstić information content (AvgIpc) is 0.840. The van der Waals surface area contributed by atoms with Crippen LogP contribution >= 0.6 is 0 Å². The first kappa shape index (κ1) is 122. The molecule has 0 aromatic heterocycles. The standard InChI is InChI=1S/C18H26N2.4C14H9F3O2.C12H22N2.C7H20N2.2CH4.4Eu/c1-19(2,3)17-11-7-15(8-12-17)16-9-13-18(14-10-16)20(4,5)6;4*15-14(16,17)13(19)8-12(18)11-6-5-9-3-1-2-4-10(9)7-11;1-13(2,3)11-7-9-12(10-8-11)14(4,5)6;1-8(2,3)7-9(4,5)6;;;;;;/h7-14H,1-6H3;4*1-8,19H;7-10H,1-6H3;7H2,1-6H3;2*1H4;;;;/q+2;;;;;2*+2;;;;;;. The van der Waals surface area contributed by atoms with Crippen LogP contribution in [0.25, 0.3) is 54.2 Å². The van der Waals surface area contributed by atoms with Crippen molar-refractivity contribution < 1.29 is 299 Å². The van der Waals surface area contributed by atoms with E-state index in [1.54, 1.807) is 72.8 Å². The van der Waals surface area contributed by atoms with E-state index in [4.69, 9.17) is 20.4 Å². The van der Waals surface area contributed by atoms with Crippen molar-refractivity contribution in [3.63, 3.8) is 0 Å². The van der Waals surface area contributed by atoms with Crippen molar-refractivity contribution in [3.05, 3.63) is 312 Å². The summed E-state index contributed by atoms with van der Waals surface area (Å²) in [5, 5.41) is 41.5. The molecule has 0 aliphatic carbocycles. The van der Waals surface area contributed by atoms with Gasteiger partial charge in [-0.2, -0.15) is 52.7 Å². The number of fused-ring (bicyclic) bond motifs is 4. The number of nitrogens with zero attached hydrogens (tertiary/aromatic N) is 6. The van der Waals surface area contributed by atoms with Gasteiger partial charge in [-0.1, -0.05) is 160 Å². The molecule has 0 aliphatic rings. The second-order valence-corrected chi connectivity index (χ2v) is 33.2. The fourth-order valence-electron chi connectivity index (χ4n) is 11.3. The molecule has 4 radical (unpaired) electrons. The monoisotopic (exact) mass is 2300 g/mol. The molecule has 30 heteroatoms. The normalized spacial score (nSPS) is 12.2. The van der Waals surface area contributed by atoms with Crippen LogP contribution in [0.4, 0.5) is 75.4 Å². The van der Waals surface area contributed by atoms with Gasteiger partial charge in [-0.25, -0.2) is 0 Å². The summed E-state index contributed by atoms with van der Waals surface area (Å²) < 4.78 is 151. The van der Waals surface area contributed by atoms with Gasteiger partial charge < -0.3 is 20.4 Å². The van der Waals surface area contributed by atoms with E-state index in [2.05, 4.69) is 200 Å². The van der Waals surface area contributed by atoms with Crippen molar-refractivity contribution >= 4 is 89.0 Å². The molecule has 0 fully saturated rings. The van der Waals surface area contributed by atoms with Gasteiger partial charge in [0.15, 0.2) is 23.1 Å². The molecule has 676 valence electrons. The van der Waals surface area contributed by atoms with Crippen molar-refractivity contribution in [1.82, 2.24) is 17.9 Å². The molecule has 0 atom stereocenters. The smallest absolute Gasteiger partial charge is 0.448 e. The van der Waals surface area contributed by atoms with Gasteiger partial charge in [0.1, 0.15) is 22.7 Å². The summed E-state index contributed by atoms with van der Waals surface area (Å²) in [4.78, 5) is 46.4. The van der Waals surface area contributed by atoms with E-state index in [-0.39, 0.29) is 259 Å². The minimum atomic E-state index is -4.91. The zero-order valence-electron chi connectivity index (χ0n) is 71.3. The number of ketones is 4. The van der Waals surface area contributed by atoms with Crippen LogP contribution in [-0.4, -0.2) is 211 Å². The molecule has 0 bridgehead atoms. The molecule has 11 aromatic carbocycles. The quantitative estimate of drug-likeness (QED) is 0.0198. The maximum Gasteiger partial charge on any atom is 0.448 e. The van der Waals surface area contributed by atoms with E-state index in [1.807, 2.05) is 48.5 Å². The molecule has 0 saturated heterocycles. The van der Waals surface area contributed by atoms with E-state index in [0.29, 0.717) is 0 Å². The number of benzene rings is 11. The van der Waals surface area contributed by atoms with Crippen molar-refractivity contribution in [2.75, 3.05) is 134 Å². The van der Waals surface area contributed by atoms with Crippen LogP contribution in [0.1, 0.15) is 56.3 Å². The number of allylic oxidation sites excluding steroid dienone is 8. The molecule has 11 rings (SSSR count). The number of aliphatic hydroxyl groups is 4. The minimum Gasteiger partial charge on any atom is -0.504 e. The van der Waals surface area contributed by atoms with Gasteiger partial charge in [0.25, 0.3) is 0 Å². The number of carbonyl (C=O) groups is 4. The summed E-state index contributed by atoms with van der Waals surface area (Å²) in [6, 6.07) is 73.3. The Hall–Kier alpha value is -5.44. The molecular weight excluding hydrogens is 2190 g/mol. The molecule has 0 spiro atoms. The second kappa shape index (κ2) is 52.0. The maximum atomic E-state index is 12.1. The van der Waals surface area contributed by atoms with E-state index in [9.17, 15) is 71.9 Å². The van der Waals surface area contributed by atoms with Crippen LogP contribution in [0.5, 0.6) is 0 Å². The van der Waals surface area contributed by atoms with Gasteiger partial charge in [-0.05, 0) is 127 Å². The second-order valence-electron chi connectivity index (χ2n) is 33.2. The van der Waals surface area contributed by atoms with Gasteiger partial charge in [0.05, 0.1) is 127 Å². The Kier molecular flexibility index (Phi) is 50.6. The Morgan fingerprint density at radius 3 is 0.536 bits per heavy atom. The fraction of sp³-hybridized carbons (Fsp3) is 0.263. The zero-order valence-corrected chi connectivity index (χ0v) is 81.0. The zero-order chi connectivity index (χ0) is 89.8. The van der Waals surface area contributed by atoms with E-state index < -0.39 is 70.9 Å². The van der Waals surface area contributed by atoms with Crippen LogP contribution in [0.3, 0.4) is 0 Å². The first-order valence-electron chi connectivity index (χ1n) is 36.8. The van der Waals surface area contributed by atoms with Crippen molar-refractivity contribution in [1.29, 1.82) is 0 Å².